The number of halogens is 1. The molecule has 0 saturated heterocycles. The zero-order valence-corrected chi connectivity index (χ0v) is 28.7. The molecule has 2 aromatic carbocycles. The summed E-state index contributed by atoms with van der Waals surface area (Å²) >= 11 is 6.77. The summed E-state index contributed by atoms with van der Waals surface area (Å²) in [4.78, 5) is 14.6. The molecule has 0 bridgehead atoms. The average Bonchev–Trinajstić information content (AvgIpc) is 3.03. The topological polar surface area (TPSA) is 54.0 Å². The van der Waals surface area contributed by atoms with Crippen molar-refractivity contribution in [3.05, 3.63) is 69.7 Å². The minimum atomic E-state index is -0.497. The van der Waals surface area contributed by atoms with Gasteiger partial charge in [0, 0.05) is 31.5 Å². The number of Topliss-reactive ketones (excluding diaryl/α,β-unsaturated/α-hetero) is 1. The molecule has 0 unspecified atom stereocenters. The van der Waals surface area contributed by atoms with Gasteiger partial charge in [-0.25, -0.2) is 0 Å². The molecule has 1 saturated carbocycles. The Hall–Kier alpha value is -1.76. The molecule has 5 atom stereocenters. The van der Waals surface area contributed by atoms with Gasteiger partial charge in [0.05, 0.1) is 30.7 Å². The highest BCUT2D eigenvalue weighted by molar-refractivity contribution is 6.31. The third-order valence-electron chi connectivity index (χ3n) is 8.66. The van der Waals surface area contributed by atoms with Crippen molar-refractivity contribution in [3.63, 3.8) is 0 Å². The summed E-state index contributed by atoms with van der Waals surface area (Å²) in [5, 5.41) is 0.705. The molecule has 0 spiro atoms. The zero-order valence-electron chi connectivity index (χ0n) is 28.0. The van der Waals surface area contributed by atoms with Gasteiger partial charge in [-0.1, -0.05) is 108 Å². The Balaban J connectivity index is 2.04. The normalized spacial score (nSPS) is 22.0. The molecule has 3 rings (SSSR count). The molecule has 2 aromatic rings. The van der Waals surface area contributed by atoms with E-state index in [0.29, 0.717) is 44.5 Å². The Morgan fingerprint density at radius 1 is 0.659 bits per heavy atom. The molecule has 0 radical (unpaired) electrons. The van der Waals surface area contributed by atoms with Gasteiger partial charge < -0.3 is 18.9 Å². The molecule has 246 valence electrons. The van der Waals surface area contributed by atoms with Gasteiger partial charge in [-0.2, -0.15) is 0 Å². The molecule has 0 heterocycles. The highest BCUT2D eigenvalue weighted by atomic mass is 35.5. The first-order chi connectivity index (χ1) is 21.5. The van der Waals surface area contributed by atoms with Crippen LogP contribution in [0.5, 0.6) is 0 Å². The molecule has 5 nitrogen and oxygen atoms in total. The van der Waals surface area contributed by atoms with Crippen molar-refractivity contribution in [2.75, 3.05) is 33.0 Å². The molecule has 0 aliphatic heterocycles. The molecule has 0 amide bonds. The molecule has 1 aliphatic rings. The lowest BCUT2D eigenvalue weighted by molar-refractivity contribution is -0.193. The van der Waals surface area contributed by atoms with E-state index in [1.54, 1.807) is 0 Å². The van der Waals surface area contributed by atoms with Crippen LogP contribution in [-0.2, 0) is 36.6 Å². The second-order valence-corrected chi connectivity index (χ2v) is 12.6. The van der Waals surface area contributed by atoms with Crippen molar-refractivity contribution in [2.45, 2.75) is 123 Å². The summed E-state index contributed by atoms with van der Waals surface area (Å²) in [6.45, 7) is 13.5. The van der Waals surface area contributed by atoms with Crippen LogP contribution in [0.4, 0.5) is 0 Å². The predicted molar refractivity (Wildman–Crippen MR) is 181 cm³/mol. The lowest BCUT2D eigenvalue weighted by Gasteiger charge is -2.45. The smallest absolute Gasteiger partial charge is 0.151 e. The highest BCUT2D eigenvalue weighted by Crippen LogP contribution is 2.40. The van der Waals surface area contributed by atoms with Crippen LogP contribution >= 0.6 is 11.6 Å². The van der Waals surface area contributed by atoms with Crippen molar-refractivity contribution >= 4 is 17.4 Å². The molecule has 0 N–H and O–H groups in total. The fraction of sp³-hybridized carbons (Fsp3) is 0.658. The number of carbonyl (C=O) groups is 1. The van der Waals surface area contributed by atoms with E-state index in [1.807, 2.05) is 12.1 Å². The SMILES string of the molecule is CCCCOC[C@H]1C(=O)[C@@H](c2ccc(Cl)c(Cc3ccc(CC)cc3)c2)[C@H](OCCCC)[C@@H](OCCCC)[C@@H]1OCCCC. The van der Waals surface area contributed by atoms with Crippen LogP contribution < -0.4 is 0 Å². The molecule has 1 fully saturated rings. The Bertz CT molecular complexity index is 1090. The van der Waals surface area contributed by atoms with Gasteiger partial charge in [0.2, 0.25) is 0 Å². The van der Waals surface area contributed by atoms with Crippen LogP contribution in [0.1, 0.15) is 114 Å². The summed E-state index contributed by atoms with van der Waals surface area (Å²) < 4.78 is 26.0. The number of aryl methyl sites for hydroxylation is 1. The standard InChI is InChI=1S/C38H57ClO5/c1-6-11-21-41-27-32-35(40)34(30-19-20-33(39)31(26-30)25-29-17-15-28(10-5)16-18-29)37(43-23-13-8-3)38(44-24-14-9-4)36(32)42-22-12-7-2/h15-20,26,32,34,36-38H,6-14,21-25,27H2,1-5H3/t32-,34+,36+,37-,38-/m0/s1. The number of hydrogen-bond donors (Lipinski definition) is 0. The molecule has 0 aromatic heterocycles. The minimum Gasteiger partial charge on any atom is -0.381 e. The fourth-order valence-electron chi connectivity index (χ4n) is 5.87. The lowest BCUT2D eigenvalue weighted by Crippen LogP contribution is -2.59. The Kier molecular flexibility index (Phi) is 17.0. The second kappa shape index (κ2) is 20.4. The number of ether oxygens (including phenoxy) is 4. The molecule has 1 aliphatic carbocycles. The maximum atomic E-state index is 14.6. The second-order valence-electron chi connectivity index (χ2n) is 12.2. The van der Waals surface area contributed by atoms with E-state index < -0.39 is 24.0 Å². The number of ketones is 1. The number of carbonyl (C=O) groups excluding carboxylic acids is 1. The lowest BCUT2D eigenvalue weighted by atomic mass is 9.71. The van der Waals surface area contributed by atoms with Crippen LogP contribution in [0.25, 0.3) is 0 Å². The van der Waals surface area contributed by atoms with Crippen molar-refractivity contribution in [2.24, 2.45) is 5.92 Å². The monoisotopic (exact) mass is 628 g/mol. The quantitative estimate of drug-likeness (QED) is 0.129. The summed E-state index contributed by atoms with van der Waals surface area (Å²) in [6.07, 6.45) is 8.32. The summed E-state index contributed by atoms with van der Waals surface area (Å²) in [6, 6.07) is 14.7. The van der Waals surface area contributed by atoms with Crippen molar-refractivity contribution < 1.29 is 23.7 Å². The van der Waals surface area contributed by atoms with Crippen molar-refractivity contribution in [1.82, 2.24) is 0 Å². The van der Waals surface area contributed by atoms with Crippen molar-refractivity contribution in [3.8, 4) is 0 Å². The van der Waals surface area contributed by atoms with E-state index in [-0.39, 0.29) is 11.9 Å². The zero-order chi connectivity index (χ0) is 31.7. The summed E-state index contributed by atoms with van der Waals surface area (Å²) in [7, 11) is 0. The van der Waals surface area contributed by atoms with Gasteiger partial charge in [-0.05, 0) is 66.8 Å². The number of rotatable bonds is 21. The van der Waals surface area contributed by atoms with Crippen LogP contribution in [0.15, 0.2) is 42.5 Å². The van der Waals surface area contributed by atoms with Crippen LogP contribution in [0, 0.1) is 5.92 Å². The summed E-state index contributed by atoms with van der Waals surface area (Å²) in [5.74, 6) is -0.824. The van der Waals surface area contributed by atoms with Crippen molar-refractivity contribution in [1.29, 1.82) is 0 Å². The van der Waals surface area contributed by atoms with E-state index in [4.69, 9.17) is 30.5 Å². The Morgan fingerprint density at radius 2 is 1.20 bits per heavy atom. The van der Waals surface area contributed by atoms with Gasteiger partial charge in [0.15, 0.2) is 5.78 Å². The van der Waals surface area contributed by atoms with E-state index in [2.05, 4.69) is 65.0 Å². The van der Waals surface area contributed by atoms with Gasteiger partial charge in [0.25, 0.3) is 0 Å². The van der Waals surface area contributed by atoms with E-state index in [1.165, 1.54) is 11.1 Å². The molecular weight excluding hydrogens is 572 g/mol. The average molecular weight is 629 g/mol. The maximum Gasteiger partial charge on any atom is 0.151 e. The number of unbranched alkanes of at least 4 members (excludes halogenated alkanes) is 4. The number of benzene rings is 2. The van der Waals surface area contributed by atoms with Crippen LogP contribution in [0.2, 0.25) is 5.02 Å². The fourth-order valence-corrected chi connectivity index (χ4v) is 6.05. The predicted octanol–water partition coefficient (Wildman–Crippen LogP) is 9.15. The largest absolute Gasteiger partial charge is 0.381 e. The van der Waals surface area contributed by atoms with Gasteiger partial charge in [0.1, 0.15) is 6.10 Å². The van der Waals surface area contributed by atoms with E-state index >= 15 is 0 Å². The van der Waals surface area contributed by atoms with Gasteiger partial charge >= 0.3 is 0 Å². The third kappa shape index (κ3) is 10.7. The molecular formula is C38H57ClO5. The van der Waals surface area contributed by atoms with Crippen LogP contribution in [-0.4, -0.2) is 57.1 Å². The minimum absolute atomic E-state index is 0.111. The Morgan fingerprint density at radius 3 is 1.80 bits per heavy atom. The van der Waals surface area contributed by atoms with Crippen LogP contribution in [0.3, 0.4) is 0 Å². The highest BCUT2D eigenvalue weighted by Gasteiger charge is 2.52. The van der Waals surface area contributed by atoms with Gasteiger partial charge in [-0.3, -0.25) is 4.79 Å². The number of hydrogen-bond acceptors (Lipinski definition) is 5. The van der Waals surface area contributed by atoms with E-state index in [0.717, 1.165) is 68.9 Å². The Labute approximate surface area is 272 Å². The molecule has 6 heteroatoms. The molecule has 44 heavy (non-hydrogen) atoms. The maximum absolute atomic E-state index is 14.6. The summed E-state index contributed by atoms with van der Waals surface area (Å²) in [5.41, 5.74) is 4.44. The van der Waals surface area contributed by atoms with Gasteiger partial charge in [-0.15, -0.1) is 0 Å². The first kappa shape index (κ1) is 36.7. The first-order valence-corrected chi connectivity index (χ1v) is 17.7. The third-order valence-corrected chi connectivity index (χ3v) is 9.03. The van der Waals surface area contributed by atoms with E-state index in [9.17, 15) is 4.79 Å². The first-order valence-electron chi connectivity index (χ1n) is 17.3.